The predicted octanol–water partition coefficient (Wildman–Crippen LogP) is 4.42. The van der Waals surface area contributed by atoms with Crippen molar-refractivity contribution >= 4 is 5.91 Å². The normalized spacial score (nSPS) is 14.6. The molecule has 1 saturated heterocycles. The summed E-state index contributed by atoms with van der Waals surface area (Å²) in [6, 6.07) is 14.6. The fourth-order valence-electron chi connectivity index (χ4n) is 4.29. The topological polar surface area (TPSA) is 112 Å². The minimum absolute atomic E-state index is 0.00647. The highest BCUT2D eigenvalue weighted by atomic mass is 19.4. The summed E-state index contributed by atoms with van der Waals surface area (Å²) >= 11 is 0. The minimum atomic E-state index is -4.77. The third-order valence-corrected chi connectivity index (χ3v) is 6.31. The lowest BCUT2D eigenvalue weighted by Gasteiger charge is -2.30. The molecule has 4 aromatic rings. The van der Waals surface area contributed by atoms with E-state index >= 15 is 0 Å². The summed E-state index contributed by atoms with van der Waals surface area (Å²) in [4.78, 5) is 19.1. The molecule has 0 bridgehead atoms. The summed E-state index contributed by atoms with van der Waals surface area (Å²) < 4.78 is 48.1. The van der Waals surface area contributed by atoms with Crippen LogP contribution in [0, 0.1) is 6.92 Å². The van der Waals surface area contributed by atoms with Crippen molar-refractivity contribution in [1.82, 2.24) is 24.8 Å². The van der Waals surface area contributed by atoms with Gasteiger partial charge in [0.15, 0.2) is 5.69 Å². The molecular formula is C26H25F3N6O3. The first-order valence-corrected chi connectivity index (χ1v) is 12.0. The molecule has 0 radical (unpaired) electrons. The molecule has 12 heteroatoms. The number of rotatable bonds is 6. The van der Waals surface area contributed by atoms with Gasteiger partial charge >= 0.3 is 6.36 Å². The van der Waals surface area contributed by atoms with E-state index in [9.17, 15) is 18.0 Å². The molecule has 3 heterocycles. The van der Waals surface area contributed by atoms with Crippen molar-refractivity contribution in [2.45, 2.75) is 38.7 Å². The largest absolute Gasteiger partial charge is 0.573 e. The van der Waals surface area contributed by atoms with Crippen LogP contribution < -0.4 is 10.5 Å². The molecule has 1 fully saturated rings. The summed E-state index contributed by atoms with van der Waals surface area (Å²) in [5.74, 6) is 0.0265. The Balaban J connectivity index is 1.28. The molecule has 5 rings (SSSR count). The Bertz CT molecular complexity index is 1420. The van der Waals surface area contributed by atoms with E-state index in [1.807, 2.05) is 36.1 Å². The number of alkyl halides is 3. The summed E-state index contributed by atoms with van der Waals surface area (Å²) in [5, 5.41) is 8.50. The molecule has 0 unspecified atom stereocenters. The van der Waals surface area contributed by atoms with Gasteiger partial charge in [0.2, 0.25) is 5.82 Å². The van der Waals surface area contributed by atoms with Crippen LogP contribution in [0.3, 0.4) is 0 Å². The number of piperidine rings is 1. The fraction of sp³-hybridized carbons (Fsp3) is 0.308. The van der Waals surface area contributed by atoms with Gasteiger partial charge in [0.1, 0.15) is 5.75 Å². The third kappa shape index (κ3) is 5.86. The van der Waals surface area contributed by atoms with Gasteiger partial charge in [-0.3, -0.25) is 9.48 Å². The van der Waals surface area contributed by atoms with Gasteiger partial charge in [-0.15, -0.1) is 13.2 Å². The number of aryl methyl sites for hydroxylation is 1. The second-order valence-electron chi connectivity index (χ2n) is 9.15. The Morgan fingerprint density at radius 1 is 1.13 bits per heavy atom. The van der Waals surface area contributed by atoms with Gasteiger partial charge in [-0.1, -0.05) is 17.3 Å². The maximum absolute atomic E-state index is 12.9. The predicted molar refractivity (Wildman–Crippen MR) is 131 cm³/mol. The first kappa shape index (κ1) is 25.5. The molecule has 1 aliphatic heterocycles. The molecule has 1 aliphatic rings. The number of amides is 1. The summed E-state index contributed by atoms with van der Waals surface area (Å²) in [6.07, 6.45) is -3.16. The number of halogens is 3. The number of ether oxygens (including phenoxy) is 1. The van der Waals surface area contributed by atoms with Gasteiger partial charge in [-0.2, -0.15) is 10.1 Å². The van der Waals surface area contributed by atoms with E-state index in [0.717, 1.165) is 24.1 Å². The number of aromatic nitrogens is 4. The molecule has 9 nitrogen and oxygen atoms in total. The van der Waals surface area contributed by atoms with Crippen LogP contribution in [-0.2, 0) is 6.54 Å². The molecule has 2 aromatic carbocycles. The Morgan fingerprint density at radius 3 is 2.58 bits per heavy atom. The van der Waals surface area contributed by atoms with E-state index < -0.39 is 6.36 Å². The molecule has 38 heavy (non-hydrogen) atoms. The molecule has 2 aromatic heterocycles. The van der Waals surface area contributed by atoms with Crippen LogP contribution in [0.2, 0.25) is 0 Å². The van der Waals surface area contributed by atoms with Crippen molar-refractivity contribution in [3.8, 4) is 28.7 Å². The van der Waals surface area contributed by atoms with Crippen LogP contribution >= 0.6 is 0 Å². The number of hydrogen-bond acceptors (Lipinski definition) is 7. The van der Waals surface area contributed by atoms with E-state index in [-0.39, 0.29) is 29.4 Å². The average Bonchev–Trinajstić information content (AvgIpc) is 3.51. The number of likely N-dealkylation sites (tertiary alicyclic amines) is 1. The number of carbonyl (C=O) groups is 1. The molecule has 0 saturated carbocycles. The van der Waals surface area contributed by atoms with Gasteiger partial charge in [-0.25, -0.2) is 0 Å². The standard InChI is InChI=1S/C26H25F3N6O3/c1-16-13-22(24-31-23(33-38-24)18-5-7-21(8-6-18)37-26(27,28)29)32-35(16)15-17-3-2-4-19(14-17)25(36)34-11-9-20(30)10-12-34/h2-8,13-14,20H,9-12,15,30H2,1H3. The Kier molecular flexibility index (Phi) is 6.89. The molecular weight excluding hydrogens is 501 g/mol. The zero-order valence-corrected chi connectivity index (χ0v) is 20.5. The molecule has 198 valence electrons. The first-order chi connectivity index (χ1) is 18.1. The zero-order valence-electron chi connectivity index (χ0n) is 20.5. The van der Waals surface area contributed by atoms with Gasteiger partial charge in [0.05, 0.1) is 6.54 Å². The van der Waals surface area contributed by atoms with Crippen molar-refractivity contribution < 1.29 is 27.2 Å². The lowest BCUT2D eigenvalue weighted by Crippen LogP contribution is -2.42. The van der Waals surface area contributed by atoms with E-state index in [0.29, 0.717) is 36.5 Å². The van der Waals surface area contributed by atoms with Crippen LogP contribution in [0.25, 0.3) is 23.0 Å². The van der Waals surface area contributed by atoms with E-state index in [1.54, 1.807) is 10.7 Å². The lowest BCUT2D eigenvalue weighted by molar-refractivity contribution is -0.274. The van der Waals surface area contributed by atoms with E-state index in [4.69, 9.17) is 10.3 Å². The number of carbonyl (C=O) groups excluding carboxylic acids is 1. The van der Waals surface area contributed by atoms with E-state index in [1.165, 1.54) is 24.3 Å². The van der Waals surface area contributed by atoms with Crippen molar-refractivity contribution in [2.24, 2.45) is 5.73 Å². The highest BCUT2D eigenvalue weighted by molar-refractivity contribution is 5.94. The van der Waals surface area contributed by atoms with Crippen LogP contribution in [-0.4, -0.2) is 56.2 Å². The molecule has 0 aliphatic carbocycles. The summed E-state index contributed by atoms with van der Waals surface area (Å²) in [5.41, 5.74) is 9.25. The second-order valence-corrected chi connectivity index (χ2v) is 9.15. The Hall–Kier alpha value is -4.19. The van der Waals surface area contributed by atoms with Crippen LogP contribution in [0.15, 0.2) is 59.1 Å². The molecule has 2 N–H and O–H groups in total. The second kappa shape index (κ2) is 10.3. The quantitative estimate of drug-likeness (QED) is 0.396. The van der Waals surface area contributed by atoms with Crippen molar-refractivity contribution in [1.29, 1.82) is 0 Å². The van der Waals surface area contributed by atoms with Crippen molar-refractivity contribution in [2.75, 3.05) is 13.1 Å². The number of hydrogen-bond donors (Lipinski definition) is 1. The van der Waals surface area contributed by atoms with Gasteiger partial charge in [0.25, 0.3) is 11.8 Å². The van der Waals surface area contributed by atoms with Gasteiger partial charge in [-0.05, 0) is 67.8 Å². The van der Waals surface area contributed by atoms with Gasteiger partial charge < -0.3 is 19.9 Å². The molecule has 0 atom stereocenters. The van der Waals surface area contributed by atoms with E-state index in [2.05, 4.69) is 20.0 Å². The average molecular weight is 527 g/mol. The highest BCUT2D eigenvalue weighted by Gasteiger charge is 2.31. The highest BCUT2D eigenvalue weighted by Crippen LogP contribution is 2.27. The van der Waals surface area contributed by atoms with Crippen molar-refractivity contribution in [3.63, 3.8) is 0 Å². The fourth-order valence-corrected chi connectivity index (χ4v) is 4.29. The summed E-state index contributed by atoms with van der Waals surface area (Å²) in [7, 11) is 0. The van der Waals surface area contributed by atoms with Crippen LogP contribution in [0.1, 0.15) is 34.5 Å². The third-order valence-electron chi connectivity index (χ3n) is 6.31. The molecule has 0 spiro atoms. The summed E-state index contributed by atoms with van der Waals surface area (Å²) in [6.45, 7) is 3.63. The van der Waals surface area contributed by atoms with Crippen molar-refractivity contribution in [3.05, 3.63) is 71.4 Å². The minimum Gasteiger partial charge on any atom is -0.406 e. The molecule has 1 amide bonds. The Morgan fingerprint density at radius 2 is 1.87 bits per heavy atom. The monoisotopic (exact) mass is 526 g/mol. The zero-order chi connectivity index (χ0) is 26.9. The van der Waals surface area contributed by atoms with Crippen LogP contribution in [0.4, 0.5) is 13.2 Å². The SMILES string of the molecule is Cc1cc(-c2nc(-c3ccc(OC(F)(F)F)cc3)no2)nn1Cc1cccc(C(=O)N2CCC(N)CC2)c1. The maximum atomic E-state index is 12.9. The first-order valence-electron chi connectivity index (χ1n) is 12.0. The van der Waals surface area contributed by atoms with Crippen LogP contribution in [0.5, 0.6) is 5.75 Å². The van der Waals surface area contributed by atoms with Gasteiger partial charge in [0, 0.05) is 36.0 Å². The lowest BCUT2D eigenvalue weighted by atomic mass is 10.0. The number of nitrogens with zero attached hydrogens (tertiary/aromatic N) is 5. The maximum Gasteiger partial charge on any atom is 0.573 e. The Labute approximate surface area is 216 Å². The smallest absolute Gasteiger partial charge is 0.406 e. The number of nitrogens with two attached hydrogens (primary N) is 1. The number of benzene rings is 2.